The number of methoxy groups -OCH3 is 1. The van der Waals surface area contributed by atoms with Gasteiger partial charge in [-0.15, -0.1) is 0 Å². The van der Waals surface area contributed by atoms with E-state index in [9.17, 15) is 19.7 Å². The van der Waals surface area contributed by atoms with E-state index in [2.05, 4.69) is 27.4 Å². The Morgan fingerprint density at radius 2 is 1.85 bits per heavy atom. The van der Waals surface area contributed by atoms with Gasteiger partial charge in [0.2, 0.25) is 5.91 Å². The van der Waals surface area contributed by atoms with Crippen LogP contribution in [0, 0.1) is 17.0 Å². The number of hydrogen-bond donors (Lipinski definition) is 2. The van der Waals surface area contributed by atoms with Crippen molar-refractivity contribution >= 4 is 28.9 Å². The lowest BCUT2D eigenvalue weighted by atomic mass is 10.1. The number of nitrogens with zero attached hydrogens (tertiary/aromatic N) is 3. The van der Waals surface area contributed by atoms with Gasteiger partial charge in [0, 0.05) is 49.2 Å². The maximum absolute atomic E-state index is 12.4. The first-order chi connectivity index (χ1) is 15.8. The highest BCUT2D eigenvalue weighted by Gasteiger charge is 2.19. The number of piperazine rings is 1. The fraction of sp³-hybridized carbons (Fsp3) is 0.391. The van der Waals surface area contributed by atoms with Crippen LogP contribution in [0.15, 0.2) is 36.4 Å². The summed E-state index contributed by atoms with van der Waals surface area (Å²) in [7, 11) is 1.31. The predicted molar refractivity (Wildman–Crippen MR) is 126 cm³/mol. The summed E-state index contributed by atoms with van der Waals surface area (Å²) in [6, 6.07) is 9.77. The molecule has 2 aromatic rings. The van der Waals surface area contributed by atoms with Crippen LogP contribution in [0.4, 0.5) is 17.1 Å². The molecule has 3 rings (SSSR count). The number of likely N-dealkylation sites (N-methyl/N-ethyl adjacent to an activating group) is 1. The fourth-order valence-corrected chi connectivity index (χ4v) is 3.74. The first-order valence-electron chi connectivity index (χ1n) is 10.8. The first kappa shape index (κ1) is 24.0. The van der Waals surface area contributed by atoms with E-state index in [1.807, 2.05) is 25.1 Å². The van der Waals surface area contributed by atoms with Gasteiger partial charge in [0.1, 0.15) is 0 Å². The molecule has 0 bridgehead atoms. The molecule has 2 N–H and O–H groups in total. The Kier molecular flexibility index (Phi) is 7.83. The molecule has 2 amide bonds. The van der Waals surface area contributed by atoms with Crippen molar-refractivity contribution in [2.24, 2.45) is 0 Å². The highest BCUT2D eigenvalue weighted by molar-refractivity contribution is 6.00. The number of rotatable bonds is 8. The molecule has 1 aliphatic rings. The lowest BCUT2D eigenvalue weighted by molar-refractivity contribution is -0.385. The Morgan fingerprint density at radius 3 is 2.45 bits per heavy atom. The van der Waals surface area contributed by atoms with Crippen molar-refractivity contribution in [1.82, 2.24) is 10.2 Å². The molecule has 2 aromatic carbocycles. The molecule has 10 nitrogen and oxygen atoms in total. The third-order valence-electron chi connectivity index (χ3n) is 5.72. The van der Waals surface area contributed by atoms with Gasteiger partial charge >= 0.3 is 5.69 Å². The van der Waals surface area contributed by atoms with Crippen molar-refractivity contribution in [2.45, 2.75) is 13.8 Å². The summed E-state index contributed by atoms with van der Waals surface area (Å²) < 4.78 is 4.93. The number of hydrogen-bond acceptors (Lipinski definition) is 7. The van der Waals surface area contributed by atoms with Crippen molar-refractivity contribution < 1.29 is 19.2 Å². The van der Waals surface area contributed by atoms with Gasteiger partial charge in [0.15, 0.2) is 5.75 Å². The summed E-state index contributed by atoms with van der Waals surface area (Å²) >= 11 is 0. The zero-order valence-corrected chi connectivity index (χ0v) is 19.1. The van der Waals surface area contributed by atoms with E-state index in [1.165, 1.54) is 19.2 Å². The van der Waals surface area contributed by atoms with Crippen LogP contribution in [-0.2, 0) is 4.79 Å². The standard InChI is InChI=1S/C23H29N5O5/c1-4-26-9-11-27(12-10-26)18-6-7-19(16(2)13-18)25-22(29)15-24-23(30)17-5-8-21(33-3)20(14-17)28(31)32/h5-8,13-14H,4,9-12,15H2,1-3H3,(H,24,30)(H,25,29). The summed E-state index contributed by atoms with van der Waals surface area (Å²) in [6.45, 7) is 8.89. The molecular weight excluding hydrogens is 426 g/mol. The van der Waals surface area contributed by atoms with E-state index < -0.39 is 16.7 Å². The molecule has 0 unspecified atom stereocenters. The fourth-order valence-electron chi connectivity index (χ4n) is 3.74. The summed E-state index contributed by atoms with van der Waals surface area (Å²) in [5.41, 5.74) is 2.47. The zero-order valence-electron chi connectivity index (χ0n) is 19.1. The number of aryl methyl sites for hydroxylation is 1. The minimum absolute atomic E-state index is 0.0560. The SMILES string of the molecule is CCN1CCN(c2ccc(NC(=O)CNC(=O)c3ccc(OC)c([N+](=O)[O-])c3)c(C)c2)CC1. The molecule has 10 heteroatoms. The number of anilines is 2. The summed E-state index contributed by atoms with van der Waals surface area (Å²) in [5.74, 6) is -0.923. The van der Waals surface area contributed by atoms with E-state index in [0.717, 1.165) is 50.0 Å². The number of carbonyl (C=O) groups excluding carboxylic acids is 2. The van der Waals surface area contributed by atoms with Crippen molar-refractivity contribution in [1.29, 1.82) is 0 Å². The van der Waals surface area contributed by atoms with E-state index in [-0.39, 0.29) is 23.5 Å². The number of ether oxygens (including phenoxy) is 1. The average Bonchev–Trinajstić information content (AvgIpc) is 2.83. The Balaban J connectivity index is 1.56. The van der Waals surface area contributed by atoms with E-state index in [0.29, 0.717) is 5.69 Å². The van der Waals surface area contributed by atoms with Gasteiger partial charge in [-0.1, -0.05) is 6.92 Å². The second-order valence-corrected chi connectivity index (χ2v) is 7.80. The Labute approximate surface area is 192 Å². The first-order valence-corrected chi connectivity index (χ1v) is 10.8. The van der Waals surface area contributed by atoms with Gasteiger partial charge in [-0.3, -0.25) is 19.7 Å². The minimum Gasteiger partial charge on any atom is -0.490 e. The number of nitro benzene ring substituents is 1. The maximum Gasteiger partial charge on any atom is 0.311 e. The van der Waals surface area contributed by atoms with E-state index >= 15 is 0 Å². The number of carbonyl (C=O) groups is 2. The monoisotopic (exact) mass is 455 g/mol. The van der Waals surface area contributed by atoms with Crippen molar-refractivity contribution in [3.63, 3.8) is 0 Å². The van der Waals surface area contributed by atoms with Crippen LogP contribution >= 0.6 is 0 Å². The second-order valence-electron chi connectivity index (χ2n) is 7.80. The molecule has 1 aliphatic heterocycles. The Hall–Kier alpha value is -3.66. The van der Waals surface area contributed by atoms with Crippen LogP contribution in [0.5, 0.6) is 5.75 Å². The van der Waals surface area contributed by atoms with Crippen LogP contribution in [0.2, 0.25) is 0 Å². The molecule has 1 heterocycles. The van der Waals surface area contributed by atoms with Crippen LogP contribution in [0.25, 0.3) is 0 Å². The molecule has 0 saturated carbocycles. The molecule has 1 fully saturated rings. The number of amides is 2. The molecule has 176 valence electrons. The lowest BCUT2D eigenvalue weighted by Gasteiger charge is -2.35. The molecule has 0 atom stereocenters. The van der Waals surface area contributed by atoms with Gasteiger partial charge < -0.3 is 25.2 Å². The van der Waals surface area contributed by atoms with Crippen molar-refractivity contribution in [2.75, 3.05) is 56.6 Å². The molecule has 0 aromatic heterocycles. The van der Waals surface area contributed by atoms with E-state index in [4.69, 9.17) is 4.74 Å². The molecule has 33 heavy (non-hydrogen) atoms. The highest BCUT2D eigenvalue weighted by Crippen LogP contribution is 2.27. The number of benzene rings is 2. The average molecular weight is 456 g/mol. The topological polar surface area (TPSA) is 117 Å². The van der Waals surface area contributed by atoms with Gasteiger partial charge in [0.05, 0.1) is 18.6 Å². The largest absolute Gasteiger partial charge is 0.490 e. The van der Waals surface area contributed by atoms with Crippen LogP contribution in [-0.4, -0.2) is 68.0 Å². The molecule has 0 aliphatic carbocycles. The Morgan fingerprint density at radius 1 is 1.12 bits per heavy atom. The third kappa shape index (κ3) is 5.98. The van der Waals surface area contributed by atoms with Gasteiger partial charge in [-0.25, -0.2) is 0 Å². The van der Waals surface area contributed by atoms with Gasteiger partial charge in [-0.2, -0.15) is 0 Å². The van der Waals surface area contributed by atoms with Crippen LogP contribution < -0.4 is 20.3 Å². The molecule has 1 saturated heterocycles. The third-order valence-corrected chi connectivity index (χ3v) is 5.72. The molecule has 0 radical (unpaired) electrons. The number of nitro groups is 1. The quantitative estimate of drug-likeness (QED) is 0.464. The Bertz CT molecular complexity index is 1030. The van der Waals surface area contributed by atoms with Crippen LogP contribution in [0.1, 0.15) is 22.8 Å². The molecular formula is C23H29N5O5. The van der Waals surface area contributed by atoms with E-state index in [1.54, 1.807) is 0 Å². The van der Waals surface area contributed by atoms with Crippen molar-refractivity contribution in [3.05, 3.63) is 57.6 Å². The zero-order chi connectivity index (χ0) is 24.0. The smallest absolute Gasteiger partial charge is 0.311 e. The van der Waals surface area contributed by atoms with Crippen LogP contribution in [0.3, 0.4) is 0 Å². The summed E-state index contributed by atoms with van der Waals surface area (Å²) in [4.78, 5) is 40.0. The highest BCUT2D eigenvalue weighted by atomic mass is 16.6. The lowest BCUT2D eigenvalue weighted by Crippen LogP contribution is -2.46. The summed E-state index contributed by atoms with van der Waals surface area (Å²) in [6.07, 6.45) is 0. The maximum atomic E-state index is 12.4. The minimum atomic E-state index is -0.627. The van der Waals surface area contributed by atoms with Gasteiger partial charge in [0.25, 0.3) is 5.91 Å². The second kappa shape index (κ2) is 10.8. The number of nitrogens with one attached hydrogen (secondary N) is 2. The predicted octanol–water partition coefficient (Wildman–Crippen LogP) is 2.42. The van der Waals surface area contributed by atoms with Crippen molar-refractivity contribution in [3.8, 4) is 5.75 Å². The molecule has 0 spiro atoms. The van der Waals surface area contributed by atoms with Gasteiger partial charge in [-0.05, 0) is 49.4 Å². The summed E-state index contributed by atoms with van der Waals surface area (Å²) in [5, 5.41) is 16.4. The normalized spacial score (nSPS) is 14.0.